The summed E-state index contributed by atoms with van der Waals surface area (Å²) in [6.07, 6.45) is -4.35. The molecule has 0 bridgehead atoms. The number of hydrogen-bond donors (Lipinski definition) is 4. The van der Waals surface area contributed by atoms with Crippen molar-refractivity contribution in [1.29, 1.82) is 0 Å². The van der Waals surface area contributed by atoms with Crippen molar-refractivity contribution in [2.24, 2.45) is 0 Å². The van der Waals surface area contributed by atoms with Crippen molar-refractivity contribution in [1.82, 2.24) is 24.1 Å². The van der Waals surface area contributed by atoms with E-state index in [4.69, 9.17) is 9.47 Å². The summed E-state index contributed by atoms with van der Waals surface area (Å²) in [5, 5.41) is 17.6. The average molecular weight is 1000 g/mol. The fraction of sp³-hybridized carbons (Fsp3) is 0.231. The zero-order chi connectivity index (χ0) is 52.1. The molecule has 0 saturated heterocycles. The van der Waals surface area contributed by atoms with Crippen LogP contribution in [0.5, 0.6) is 23.0 Å². The highest BCUT2D eigenvalue weighted by Crippen LogP contribution is 2.36. The van der Waals surface area contributed by atoms with Gasteiger partial charge in [-0.1, -0.05) is 24.3 Å². The molecule has 0 radical (unpaired) electrons. The maximum absolute atomic E-state index is 13.8. The lowest BCUT2D eigenvalue weighted by Gasteiger charge is -2.15. The number of fused-ring (bicyclic) bond motifs is 2. The smallest absolute Gasteiger partial charge is 0.390 e. The molecular weight excluding hydrogens is 955 g/mol. The van der Waals surface area contributed by atoms with Gasteiger partial charge in [-0.15, -0.1) is 0 Å². The molecule has 0 saturated carbocycles. The minimum absolute atomic E-state index is 0.155. The Morgan fingerprint density at radius 2 is 1.03 bits per heavy atom. The molecule has 376 valence electrons. The van der Waals surface area contributed by atoms with Crippen LogP contribution in [0.1, 0.15) is 62.7 Å². The SMILES string of the molecule is CCNC(=O)c1ccc(-c2cnc3c(NCCC(F)(F)F)cc(Oc4cc(F)ccc4C)cn23)cc1C.Cc1ccc(F)cc1Oc1cc(NCCC(F)(F)F)c2ncc(-c3ccc(C(=O)O)c(C)c3)n2c1. The molecule has 0 aliphatic heterocycles. The number of benzene rings is 4. The first kappa shape index (κ1) is 51.7. The number of nitrogens with one attached hydrogen (secondary N) is 3. The lowest BCUT2D eigenvalue weighted by Crippen LogP contribution is -2.23. The molecule has 12 nitrogen and oxygen atoms in total. The maximum Gasteiger partial charge on any atom is 0.390 e. The Morgan fingerprint density at radius 1 is 0.597 bits per heavy atom. The Bertz CT molecular complexity index is 3290. The van der Waals surface area contributed by atoms with Crippen molar-refractivity contribution in [3.63, 3.8) is 0 Å². The molecule has 20 heteroatoms. The zero-order valence-electron chi connectivity index (χ0n) is 39.3. The normalized spacial score (nSPS) is 11.6. The molecule has 0 fully saturated rings. The highest BCUT2D eigenvalue weighted by Gasteiger charge is 2.28. The molecule has 0 unspecified atom stereocenters. The van der Waals surface area contributed by atoms with E-state index in [2.05, 4.69) is 25.9 Å². The quantitative estimate of drug-likeness (QED) is 0.0738. The van der Waals surface area contributed by atoms with E-state index in [1.54, 1.807) is 84.6 Å². The molecule has 4 N–H and O–H groups in total. The number of aromatic carboxylic acids is 1. The summed E-state index contributed by atoms with van der Waals surface area (Å²) < 4.78 is 119. The van der Waals surface area contributed by atoms with Gasteiger partial charge < -0.3 is 30.5 Å². The molecule has 0 atom stereocenters. The van der Waals surface area contributed by atoms with E-state index < -0.39 is 42.8 Å². The second-order valence-electron chi connectivity index (χ2n) is 16.7. The number of ether oxygens (including phenoxy) is 2. The number of hydrogen-bond acceptors (Lipinski definition) is 8. The van der Waals surface area contributed by atoms with Crippen molar-refractivity contribution < 1.29 is 59.3 Å². The zero-order valence-corrected chi connectivity index (χ0v) is 39.3. The van der Waals surface area contributed by atoms with Crippen LogP contribution in [-0.2, 0) is 0 Å². The van der Waals surface area contributed by atoms with Crippen LogP contribution in [-0.4, -0.2) is 67.7 Å². The van der Waals surface area contributed by atoms with E-state index in [0.717, 1.165) is 11.1 Å². The summed E-state index contributed by atoms with van der Waals surface area (Å²) in [6.45, 7) is 8.60. The summed E-state index contributed by atoms with van der Waals surface area (Å²) in [6, 6.07) is 21.4. The van der Waals surface area contributed by atoms with Gasteiger partial charge in [0.25, 0.3) is 5.91 Å². The molecular formula is C52H47F8N7O5. The molecule has 0 aliphatic carbocycles. The number of halogens is 8. The Kier molecular flexibility index (Phi) is 15.4. The van der Waals surface area contributed by atoms with E-state index >= 15 is 0 Å². The third-order valence-electron chi connectivity index (χ3n) is 11.2. The number of carbonyl (C=O) groups excluding carboxylic acids is 1. The number of carboxylic acids is 1. The largest absolute Gasteiger partial charge is 0.478 e. The lowest BCUT2D eigenvalue weighted by atomic mass is 10.0. The van der Waals surface area contributed by atoms with Gasteiger partial charge in [0, 0.05) is 60.6 Å². The number of aryl methyl sites for hydroxylation is 4. The van der Waals surface area contributed by atoms with Crippen LogP contribution in [0, 0.1) is 39.3 Å². The number of carboxylic acid groups (broad SMARTS) is 1. The molecule has 0 aliphatic rings. The standard InChI is InChI=1S/C27H26F4N4O2.C25H21F4N3O3/c1-4-32-26(36)21-8-6-18(11-17(21)3)23-14-34-25-22(33-10-9-27(29,30)31)13-20(15-35(23)25)37-24-12-19(28)7-5-16(24)2;1-14-3-5-17(26)10-22(14)35-18-11-20(30-8-7-25(27,28)29)23-31-12-21(32(23)13-18)16-4-6-19(24(33)34)15(2)9-16/h5-8,11-15,33H,4,9-10H2,1-3H3,(H,32,36);3-6,9-13,30H,7-8H2,1-2H3,(H,33,34). The number of anilines is 2. The highest BCUT2D eigenvalue weighted by molar-refractivity contribution is 5.96. The maximum atomic E-state index is 13.8. The van der Waals surface area contributed by atoms with E-state index in [9.17, 15) is 49.8 Å². The number of amides is 1. The number of alkyl halides is 6. The van der Waals surface area contributed by atoms with Crippen LogP contribution in [0.4, 0.5) is 46.5 Å². The van der Waals surface area contributed by atoms with Crippen LogP contribution < -0.4 is 25.4 Å². The van der Waals surface area contributed by atoms with E-state index in [0.29, 0.717) is 68.4 Å². The first-order chi connectivity index (χ1) is 34.1. The summed E-state index contributed by atoms with van der Waals surface area (Å²) >= 11 is 0. The van der Waals surface area contributed by atoms with Crippen molar-refractivity contribution >= 4 is 34.5 Å². The van der Waals surface area contributed by atoms with Crippen LogP contribution >= 0.6 is 0 Å². The highest BCUT2D eigenvalue weighted by atomic mass is 19.4. The van der Waals surface area contributed by atoms with Gasteiger partial charge in [0.2, 0.25) is 0 Å². The van der Waals surface area contributed by atoms with Gasteiger partial charge in [-0.2, -0.15) is 26.3 Å². The van der Waals surface area contributed by atoms with Crippen molar-refractivity contribution in [3.05, 3.63) is 155 Å². The van der Waals surface area contributed by atoms with Gasteiger partial charge in [0.1, 0.15) is 34.6 Å². The van der Waals surface area contributed by atoms with Crippen LogP contribution in [0.15, 0.2) is 110 Å². The topological polar surface area (TPSA) is 144 Å². The molecule has 4 heterocycles. The Morgan fingerprint density at radius 3 is 1.42 bits per heavy atom. The van der Waals surface area contributed by atoms with Crippen LogP contribution in [0.2, 0.25) is 0 Å². The molecule has 4 aromatic carbocycles. The monoisotopic (exact) mass is 1000 g/mol. The van der Waals surface area contributed by atoms with Crippen LogP contribution in [0.3, 0.4) is 0 Å². The minimum atomic E-state index is -4.33. The third kappa shape index (κ3) is 12.6. The molecule has 8 rings (SSSR count). The van der Waals surface area contributed by atoms with Crippen molar-refractivity contribution in [3.8, 4) is 45.5 Å². The molecule has 72 heavy (non-hydrogen) atoms. The molecule has 8 aromatic rings. The van der Waals surface area contributed by atoms with Gasteiger partial charge in [-0.25, -0.2) is 23.5 Å². The second kappa shape index (κ2) is 21.5. The fourth-order valence-electron chi connectivity index (χ4n) is 7.62. The lowest BCUT2D eigenvalue weighted by molar-refractivity contribution is -0.132. The number of pyridine rings is 2. The first-order valence-electron chi connectivity index (χ1n) is 22.3. The third-order valence-corrected chi connectivity index (χ3v) is 11.2. The first-order valence-corrected chi connectivity index (χ1v) is 22.3. The van der Waals surface area contributed by atoms with Crippen LogP contribution in [0.25, 0.3) is 33.8 Å². The van der Waals surface area contributed by atoms with Gasteiger partial charge in [0.05, 0.1) is 66.0 Å². The predicted octanol–water partition coefficient (Wildman–Crippen LogP) is 13.3. The summed E-state index contributed by atoms with van der Waals surface area (Å²) in [7, 11) is 0. The van der Waals surface area contributed by atoms with E-state index in [1.165, 1.54) is 48.7 Å². The summed E-state index contributed by atoms with van der Waals surface area (Å²) in [5.41, 5.74) is 7.34. The number of carbonyl (C=O) groups is 2. The predicted molar refractivity (Wildman–Crippen MR) is 256 cm³/mol. The fourth-order valence-corrected chi connectivity index (χ4v) is 7.62. The van der Waals surface area contributed by atoms with E-state index in [1.807, 2.05) is 19.9 Å². The van der Waals surface area contributed by atoms with E-state index in [-0.39, 0.29) is 47.6 Å². The Labute approximate surface area is 407 Å². The molecule has 4 aromatic heterocycles. The van der Waals surface area contributed by atoms with Crippen molar-refractivity contribution in [2.75, 3.05) is 30.3 Å². The number of rotatable bonds is 15. The second-order valence-corrected chi connectivity index (χ2v) is 16.7. The van der Waals surface area contributed by atoms with Gasteiger partial charge in [-0.05, 0) is 93.3 Å². The average Bonchev–Trinajstić information content (AvgIpc) is 3.93. The molecule has 0 spiro atoms. The number of imidazole rings is 2. The number of aromatic nitrogens is 4. The summed E-state index contributed by atoms with van der Waals surface area (Å²) in [5.74, 6) is -1.13. The van der Waals surface area contributed by atoms with Gasteiger partial charge in [0.15, 0.2) is 11.3 Å². The van der Waals surface area contributed by atoms with Crippen molar-refractivity contribution in [2.45, 2.75) is 59.8 Å². The number of nitrogens with zero attached hydrogens (tertiary/aromatic N) is 4. The Balaban J connectivity index is 0.000000212. The molecule has 1 amide bonds. The summed E-state index contributed by atoms with van der Waals surface area (Å²) in [4.78, 5) is 32.5. The Hall–Kier alpha value is -8.16. The van der Waals surface area contributed by atoms with Gasteiger partial charge >= 0.3 is 18.3 Å². The minimum Gasteiger partial charge on any atom is -0.478 e. The van der Waals surface area contributed by atoms with Gasteiger partial charge in [-0.3, -0.25) is 13.6 Å².